The minimum absolute atomic E-state index is 0.123. The minimum Gasteiger partial charge on any atom is -0.488 e. The standard InChI is InChI=1S/C34H37ClFN5O4/c1-22-13-23(8-9-37-22)17-40(27-3-2-10-39(20-27)26-6-7-32(35)38-16-26)18-24-19-41(25-4-5-25)30-15-31(29(36)14-28(30)34(24)42)43-11-12-44-33-21-45-33/h6-9,13-16,19,25,27,33H,2-5,10-12,17-18,20-21H2,1H3/t27-,33?/m0/s1. The van der Waals surface area contributed by atoms with Crippen LogP contribution in [0.1, 0.15) is 48.5 Å². The second-order valence-electron chi connectivity index (χ2n) is 12.2. The van der Waals surface area contributed by atoms with Crippen LogP contribution in [0.3, 0.4) is 0 Å². The van der Waals surface area contributed by atoms with Crippen molar-refractivity contribution < 1.29 is 18.6 Å². The number of halogens is 2. The number of nitrogens with zero attached hydrogens (tertiary/aromatic N) is 5. The molecule has 0 N–H and O–H groups in total. The molecule has 2 aliphatic heterocycles. The molecule has 236 valence electrons. The minimum atomic E-state index is -0.551. The SMILES string of the molecule is Cc1cc(CN(Cc2cn(C3CC3)c3cc(OCCOC4CO4)c(F)cc3c2=O)[C@H]2CCCN(c3ccc(Cl)nc3)C2)ccn1. The number of piperidine rings is 1. The first-order valence-corrected chi connectivity index (χ1v) is 16.0. The van der Waals surface area contributed by atoms with Gasteiger partial charge in [0.05, 0.1) is 24.0 Å². The summed E-state index contributed by atoms with van der Waals surface area (Å²) in [5.41, 5.74) is 4.34. The first-order chi connectivity index (χ1) is 21.9. The topological polar surface area (TPSA) is 85.2 Å². The molecule has 2 saturated heterocycles. The number of hydrogen-bond donors (Lipinski definition) is 0. The van der Waals surface area contributed by atoms with E-state index in [0.717, 1.165) is 55.7 Å². The molecule has 3 fully saturated rings. The van der Waals surface area contributed by atoms with Gasteiger partial charge < -0.3 is 23.7 Å². The number of epoxide rings is 1. The second kappa shape index (κ2) is 13.0. The van der Waals surface area contributed by atoms with Crippen molar-refractivity contribution in [3.63, 3.8) is 0 Å². The number of benzene rings is 1. The molecule has 45 heavy (non-hydrogen) atoms. The van der Waals surface area contributed by atoms with Gasteiger partial charge in [0.25, 0.3) is 0 Å². The molecule has 2 atom stereocenters. The van der Waals surface area contributed by atoms with Gasteiger partial charge in [-0.15, -0.1) is 0 Å². The fourth-order valence-electron chi connectivity index (χ4n) is 6.26. The van der Waals surface area contributed by atoms with Gasteiger partial charge in [0, 0.05) is 73.4 Å². The average molecular weight is 634 g/mol. The molecule has 11 heteroatoms. The zero-order valence-electron chi connectivity index (χ0n) is 25.3. The Morgan fingerprint density at radius 1 is 1.11 bits per heavy atom. The van der Waals surface area contributed by atoms with Crippen LogP contribution >= 0.6 is 11.6 Å². The highest BCUT2D eigenvalue weighted by Gasteiger charge is 2.30. The van der Waals surface area contributed by atoms with Crippen LogP contribution < -0.4 is 15.1 Å². The van der Waals surface area contributed by atoms with E-state index in [-0.39, 0.29) is 36.2 Å². The zero-order chi connectivity index (χ0) is 30.9. The van der Waals surface area contributed by atoms with Crippen molar-refractivity contribution in [1.82, 2.24) is 19.4 Å². The summed E-state index contributed by atoms with van der Waals surface area (Å²) in [7, 11) is 0. The van der Waals surface area contributed by atoms with Crippen LogP contribution in [0.4, 0.5) is 10.1 Å². The molecule has 3 aromatic heterocycles. The van der Waals surface area contributed by atoms with E-state index < -0.39 is 5.82 Å². The lowest BCUT2D eigenvalue weighted by Crippen LogP contribution is -2.48. The van der Waals surface area contributed by atoms with Crippen molar-refractivity contribution in [2.75, 3.05) is 37.8 Å². The summed E-state index contributed by atoms with van der Waals surface area (Å²) in [4.78, 5) is 27.5. The highest BCUT2D eigenvalue weighted by molar-refractivity contribution is 6.29. The summed E-state index contributed by atoms with van der Waals surface area (Å²) in [6.07, 6.45) is 9.52. The van der Waals surface area contributed by atoms with E-state index in [2.05, 4.69) is 30.4 Å². The molecule has 0 spiro atoms. The lowest BCUT2D eigenvalue weighted by atomic mass is 10.0. The Bertz CT molecular complexity index is 1730. The molecule has 0 bridgehead atoms. The van der Waals surface area contributed by atoms with Crippen LogP contribution in [0.5, 0.6) is 5.75 Å². The van der Waals surface area contributed by atoms with Gasteiger partial charge in [-0.1, -0.05) is 11.6 Å². The predicted octanol–water partition coefficient (Wildman–Crippen LogP) is 5.65. The fourth-order valence-corrected chi connectivity index (χ4v) is 6.38. The van der Waals surface area contributed by atoms with E-state index in [1.54, 1.807) is 6.07 Å². The molecule has 5 heterocycles. The lowest BCUT2D eigenvalue weighted by molar-refractivity contribution is 0.0318. The maximum atomic E-state index is 15.3. The van der Waals surface area contributed by atoms with Gasteiger partial charge in [0.1, 0.15) is 18.4 Å². The Balaban J connectivity index is 1.19. The predicted molar refractivity (Wildman–Crippen MR) is 170 cm³/mol. The van der Waals surface area contributed by atoms with E-state index in [9.17, 15) is 4.79 Å². The highest BCUT2D eigenvalue weighted by atomic mass is 35.5. The van der Waals surface area contributed by atoms with Crippen LogP contribution in [0.25, 0.3) is 10.9 Å². The number of ether oxygens (including phenoxy) is 3. The molecule has 1 aliphatic carbocycles. The van der Waals surface area contributed by atoms with Crippen molar-refractivity contribution >= 4 is 28.2 Å². The van der Waals surface area contributed by atoms with Gasteiger partial charge in [-0.05, 0) is 68.5 Å². The largest absolute Gasteiger partial charge is 0.488 e. The Labute approximate surface area is 266 Å². The van der Waals surface area contributed by atoms with E-state index in [1.807, 2.05) is 43.7 Å². The molecule has 0 radical (unpaired) electrons. The normalized spacial score (nSPS) is 19.8. The third-order valence-electron chi connectivity index (χ3n) is 8.76. The average Bonchev–Trinajstić information content (AvgIpc) is 3.97. The highest BCUT2D eigenvalue weighted by Crippen LogP contribution is 2.38. The van der Waals surface area contributed by atoms with Gasteiger partial charge >= 0.3 is 0 Å². The van der Waals surface area contributed by atoms with E-state index in [0.29, 0.717) is 47.9 Å². The quantitative estimate of drug-likeness (QED) is 0.112. The van der Waals surface area contributed by atoms with Crippen LogP contribution in [0.2, 0.25) is 5.15 Å². The van der Waals surface area contributed by atoms with Crippen molar-refractivity contribution in [3.05, 3.63) is 93.0 Å². The Morgan fingerprint density at radius 3 is 2.73 bits per heavy atom. The van der Waals surface area contributed by atoms with Gasteiger partial charge in [-0.25, -0.2) is 9.37 Å². The Hall–Kier alpha value is -3.57. The lowest BCUT2D eigenvalue weighted by Gasteiger charge is -2.40. The number of aryl methyl sites for hydroxylation is 1. The molecule has 1 unspecified atom stereocenters. The second-order valence-corrected chi connectivity index (χ2v) is 12.6. The molecule has 0 amide bonds. The Morgan fingerprint density at radius 2 is 1.98 bits per heavy atom. The van der Waals surface area contributed by atoms with Crippen LogP contribution in [0, 0.1) is 12.7 Å². The van der Waals surface area contributed by atoms with Gasteiger partial charge in [0.15, 0.2) is 23.3 Å². The Kier molecular flexibility index (Phi) is 8.72. The smallest absolute Gasteiger partial charge is 0.193 e. The zero-order valence-corrected chi connectivity index (χ0v) is 26.1. The summed E-state index contributed by atoms with van der Waals surface area (Å²) in [6, 6.07) is 11.4. The van der Waals surface area contributed by atoms with Crippen LogP contribution in [-0.2, 0) is 22.6 Å². The number of pyridine rings is 3. The molecule has 4 aromatic rings. The number of hydrogen-bond acceptors (Lipinski definition) is 8. The third-order valence-corrected chi connectivity index (χ3v) is 8.98. The monoisotopic (exact) mass is 633 g/mol. The van der Waals surface area contributed by atoms with Crippen molar-refractivity contribution in [3.8, 4) is 5.75 Å². The summed E-state index contributed by atoms with van der Waals surface area (Å²) >= 11 is 6.06. The molecule has 7 rings (SSSR count). The van der Waals surface area contributed by atoms with Gasteiger partial charge in [0.2, 0.25) is 0 Å². The van der Waals surface area contributed by atoms with Crippen LogP contribution in [0.15, 0.2) is 59.8 Å². The fraction of sp³-hybridized carbons (Fsp3) is 0.441. The van der Waals surface area contributed by atoms with Gasteiger partial charge in [-0.3, -0.25) is 14.7 Å². The first kappa shape index (κ1) is 30.1. The molecule has 3 aliphatic rings. The van der Waals surface area contributed by atoms with Crippen molar-refractivity contribution in [2.24, 2.45) is 0 Å². The molecule has 1 aromatic carbocycles. The number of anilines is 1. The molecule has 1 saturated carbocycles. The van der Waals surface area contributed by atoms with E-state index >= 15 is 4.39 Å². The number of fused-ring (bicyclic) bond motifs is 1. The summed E-state index contributed by atoms with van der Waals surface area (Å²) < 4.78 is 33.7. The summed E-state index contributed by atoms with van der Waals surface area (Å²) in [5, 5.41) is 0.849. The first-order valence-electron chi connectivity index (χ1n) is 15.7. The van der Waals surface area contributed by atoms with Crippen molar-refractivity contribution in [1.29, 1.82) is 0 Å². The number of aromatic nitrogens is 3. The molecule has 9 nitrogen and oxygen atoms in total. The maximum Gasteiger partial charge on any atom is 0.193 e. The van der Waals surface area contributed by atoms with Crippen LogP contribution in [-0.4, -0.2) is 64.7 Å². The molecular weight excluding hydrogens is 597 g/mol. The molecular formula is C34H37ClFN5O4. The third kappa shape index (κ3) is 7.14. The van der Waals surface area contributed by atoms with Gasteiger partial charge in [-0.2, -0.15) is 0 Å². The van der Waals surface area contributed by atoms with E-state index in [1.165, 1.54) is 6.07 Å². The summed E-state index contributed by atoms with van der Waals surface area (Å²) in [6.45, 7) is 5.90. The van der Waals surface area contributed by atoms with Crippen molar-refractivity contribution in [2.45, 2.75) is 64.1 Å². The summed E-state index contributed by atoms with van der Waals surface area (Å²) in [5.74, 6) is -0.427. The maximum absolute atomic E-state index is 15.3. The van der Waals surface area contributed by atoms with E-state index in [4.69, 9.17) is 25.8 Å². The number of rotatable bonds is 12.